The van der Waals surface area contributed by atoms with Crippen LogP contribution in [-0.2, 0) is 4.79 Å². The zero-order valence-corrected chi connectivity index (χ0v) is 10.2. The lowest BCUT2D eigenvalue weighted by Gasteiger charge is -2.28. The molecule has 0 saturated carbocycles. The lowest BCUT2D eigenvalue weighted by molar-refractivity contribution is -0.122. The van der Waals surface area contributed by atoms with Crippen LogP contribution in [0.25, 0.3) is 0 Å². The smallest absolute Gasteiger partial charge is 0.231 e. The van der Waals surface area contributed by atoms with Crippen LogP contribution >= 0.6 is 0 Å². The Hall–Kier alpha value is -1.42. The Morgan fingerprint density at radius 2 is 2.29 bits per heavy atom. The molecule has 1 aromatic rings. The summed E-state index contributed by atoms with van der Waals surface area (Å²) in [7, 11) is 0. The van der Waals surface area contributed by atoms with Crippen LogP contribution in [0.2, 0.25) is 0 Å². The van der Waals surface area contributed by atoms with Gasteiger partial charge in [0, 0.05) is 31.2 Å². The first-order chi connectivity index (χ1) is 8.33. The second-order valence-electron chi connectivity index (χ2n) is 4.33. The fourth-order valence-corrected chi connectivity index (χ4v) is 2.27. The van der Waals surface area contributed by atoms with Gasteiger partial charge in [0.2, 0.25) is 5.91 Å². The van der Waals surface area contributed by atoms with E-state index < -0.39 is 0 Å². The maximum atomic E-state index is 12.4. The van der Waals surface area contributed by atoms with Gasteiger partial charge in [-0.25, -0.2) is 0 Å². The topological polar surface area (TPSA) is 45.2 Å². The van der Waals surface area contributed by atoms with Gasteiger partial charge in [-0.1, -0.05) is 0 Å². The molecule has 1 N–H and O–H groups in total. The van der Waals surface area contributed by atoms with Crippen LogP contribution in [0, 0.1) is 5.92 Å². The fraction of sp³-hybridized carbons (Fsp3) is 0.538. The molecule has 1 saturated heterocycles. The van der Waals surface area contributed by atoms with E-state index in [0.29, 0.717) is 6.54 Å². The second kappa shape index (κ2) is 5.77. The zero-order chi connectivity index (χ0) is 12.1. The summed E-state index contributed by atoms with van der Waals surface area (Å²) in [6.07, 6.45) is 5.53. The Kier molecular flexibility index (Phi) is 4.09. The van der Waals surface area contributed by atoms with Crippen molar-refractivity contribution in [2.24, 2.45) is 5.92 Å². The van der Waals surface area contributed by atoms with Crippen LogP contribution in [0.4, 0.5) is 5.69 Å². The Balaban J connectivity index is 2.10. The van der Waals surface area contributed by atoms with E-state index in [1.165, 1.54) is 0 Å². The molecule has 0 bridgehead atoms. The van der Waals surface area contributed by atoms with Crippen molar-refractivity contribution >= 4 is 11.6 Å². The molecule has 0 unspecified atom stereocenters. The first kappa shape index (κ1) is 12.0. The van der Waals surface area contributed by atoms with Crippen LogP contribution in [0.5, 0.6) is 0 Å². The largest absolute Gasteiger partial charge is 0.316 e. The molecule has 1 aromatic heterocycles. The van der Waals surface area contributed by atoms with Crippen LogP contribution in [0.1, 0.15) is 19.8 Å². The Morgan fingerprint density at radius 3 is 2.88 bits per heavy atom. The van der Waals surface area contributed by atoms with Crippen molar-refractivity contribution in [1.29, 1.82) is 0 Å². The van der Waals surface area contributed by atoms with Crippen molar-refractivity contribution in [1.82, 2.24) is 10.3 Å². The molecule has 1 amide bonds. The van der Waals surface area contributed by atoms with Crippen molar-refractivity contribution in [3.05, 3.63) is 24.5 Å². The lowest BCUT2D eigenvalue weighted by Crippen LogP contribution is -2.43. The quantitative estimate of drug-likeness (QED) is 0.859. The van der Waals surface area contributed by atoms with E-state index in [2.05, 4.69) is 10.3 Å². The molecule has 92 valence electrons. The predicted molar refractivity (Wildman–Crippen MR) is 67.9 cm³/mol. The van der Waals surface area contributed by atoms with Crippen molar-refractivity contribution in [3.8, 4) is 0 Å². The number of aromatic nitrogens is 1. The third-order valence-corrected chi connectivity index (χ3v) is 3.20. The molecule has 1 fully saturated rings. The number of carbonyl (C=O) groups is 1. The molecule has 1 aliphatic heterocycles. The third kappa shape index (κ3) is 2.82. The van der Waals surface area contributed by atoms with Crippen LogP contribution in [0.3, 0.4) is 0 Å². The van der Waals surface area contributed by atoms with Gasteiger partial charge in [0.05, 0.1) is 5.92 Å². The second-order valence-corrected chi connectivity index (χ2v) is 4.33. The molecule has 17 heavy (non-hydrogen) atoms. The van der Waals surface area contributed by atoms with Crippen molar-refractivity contribution < 1.29 is 4.79 Å². The highest BCUT2D eigenvalue weighted by Gasteiger charge is 2.25. The molecule has 0 radical (unpaired) electrons. The van der Waals surface area contributed by atoms with Gasteiger partial charge in [-0.3, -0.25) is 9.78 Å². The van der Waals surface area contributed by atoms with Gasteiger partial charge < -0.3 is 10.2 Å². The number of rotatable bonds is 3. The number of nitrogens with zero attached hydrogens (tertiary/aromatic N) is 2. The lowest BCUT2D eigenvalue weighted by atomic mass is 9.98. The van der Waals surface area contributed by atoms with Gasteiger partial charge in [0.25, 0.3) is 0 Å². The summed E-state index contributed by atoms with van der Waals surface area (Å²) < 4.78 is 0. The molecule has 4 nitrogen and oxygen atoms in total. The van der Waals surface area contributed by atoms with E-state index in [1.54, 1.807) is 12.4 Å². The van der Waals surface area contributed by atoms with Gasteiger partial charge in [-0.05, 0) is 38.4 Å². The molecule has 2 heterocycles. The highest BCUT2D eigenvalue weighted by atomic mass is 16.2. The third-order valence-electron chi connectivity index (χ3n) is 3.20. The van der Waals surface area contributed by atoms with E-state index in [9.17, 15) is 4.79 Å². The minimum absolute atomic E-state index is 0.122. The summed E-state index contributed by atoms with van der Waals surface area (Å²) >= 11 is 0. The normalized spacial score (nSPS) is 19.9. The first-order valence-corrected chi connectivity index (χ1v) is 6.25. The van der Waals surface area contributed by atoms with Gasteiger partial charge in [0.15, 0.2) is 0 Å². The van der Waals surface area contributed by atoms with Gasteiger partial charge in [-0.15, -0.1) is 0 Å². The SMILES string of the molecule is CCN(C(=O)[C@H]1CCCNC1)c1ccncc1. The summed E-state index contributed by atoms with van der Waals surface area (Å²) in [5.74, 6) is 0.350. The summed E-state index contributed by atoms with van der Waals surface area (Å²) in [6, 6.07) is 3.77. The zero-order valence-electron chi connectivity index (χ0n) is 10.2. The van der Waals surface area contributed by atoms with Gasteiger partial charge in [0.1, 0.15) is 0 Å². The van der Waals surface area contributed by atoms with E-state index >= 15 is 0 Å². The van der Waals surface area contributed by atoms with Crippen LogP contribution in [-0.4, -0.2) is 30.5 Å². The first-order valence-electron chi connectivity index (χ1n) is 6.25. The molecule has 0 aromatic carbocycles. The fourth-order valence-electron chi connectivity index (χ4n) is 2.27. The summed E-state index contributed by atoms with van der Waals surface area (Å²) in [4.78, 5) is 18.2. The molecule has 2 rings (SSSR count). The minimum atomic E-state index is 0.122. The Morgan fingerprint density at radius 1 is 1.53 bits per heavy atom. The summed E-state index contributed by atoms with van der Waals surface area (Å²) in [5, 5.41) is 3.29. The number of carbonyl (C=O) groups excluding carboxylic acids is 1. The Bertz CT molecular complexity index is 360. The number of amides is 1. The van der Waals surface area contributed by atoms with Crippen LogP contribution in [0.15, 0.2) is 24.5 Å². The molecule has 1 atom stereocenters. The van der Waals surface area contributed by atoms with Gasteiger partial charge in [-0.2, -0.15) is 0 Å². The van der Waals surface area contributed by atoms with E-state index in [-0.39, 0.29) is 11.8 Å². The summed E-state index contributed by atoms with van der Waals surface area (Å²) in [5.41, 5.74) is 0.943. The number of hydrogen-bond acceptors (Lipinski definition) is 3. The molecular formula is C13H19N3O. The van der Waals surface area contributed by atoms with Crippen molar-refractivity contribution in [2.75, 3.05) is 24.5 Å². The number of pyridine rings is 1. The number of hydrogen-bond donors (Lipinski definition) is 1. The number of anilines is 1. The molecule has 1 aliphatic rings. The number of nitrogens with one attached hydrogen (secondary N) is 1. The van der Waals surface area contributed by atoms with Crippen molar-refractivity contribution in [3.63, 3.8) is 0 Å². The highest BCUT2D eigenvalue weighted by molar-refractivity contribution is 5.95. The summed E-state index contributed by atoms with van der Waals surface area (Å²) in [6.45, 7) is 4.56. The molecule has 0 spiro atoms. The van der Waals surface area contributed by atoms with Crippen molar-refractivity contribution in [2.45, 2.75) is 19.8 Å². The number of piperidine rings is 1. The average molecular weight is 233 g/mol. The molecular weight excluding hydrogens is 214 g/mol. The van der Waals surface area contributed by atoms with E-state index in [0.717, 1.165) is 31.6 Å². The maximum Gasteiger partial charge on any atom is 0.231 e. The minimum Gasteiger partial charge on any atom is -0.316 e. The standard InChI is InChI=1S/C13H19N3O/c1-2-16(12-5-8-14-9-6-12)13(17)11-4-3-7-15-10-11/h5-6,8-9,11,15H,2-4,7,10H2,1H3/t11-/m0/s1. The van der Waals surface area contributed by atoms with E-state index in [1.807, 2.05) is 24.0 Å². The maximum absolute atomic E-state index is 12.4. The highest BCUT2D eigenvalue weighted by Crippen LogP contribution is 2.19. The predicted octanol–water partition coefficient (Wildman–Crippen LogP) is 1.43. The monoisotopic (exact) mass is 233 g/mol. The molecule has 4 heteroatoms. The van der Waals surface area contributed by atoms with Gasteiger partial charge >= 0.3 is 0 Å². The average Bonchev–Trinajstić information content (AvgIpc) is 2.42. The van der Waals surface area contributed by atoms with Crippen LogP contribution < -0.4 is 10.2 Å². The Labute approximate surface area is 102 Å². The molecule has 0 aliphatic carbocycles. The van der Waals surface area contributed by atoms with E-state index in [4.69, 9.17) is 0 Å².